The predicted octanol–water partition coefficient (Wildman–Crippen LogP) is -9.76. The number of hydrogen-bond acceptors (Lipinski definition) is 37. The average molecular weight is 1460 g/mol. The minimum Gasteiger partial charge on any atom is -0.507 e. The molecule has 37 heteroatoms. The number of esters is 1. The Hall–Kier alpha value is -2.61. The van der Waals surface area contributed by atoms with Gasteiger partial charge in [0.05, 0.1) is 61.4 Å². The summed E-state index contributed by atoms with van der Waals surface area (Å²) >= 11 is 0. The van der Waals surface area contributed by atoms with E-state index in [-0.39, 0.29) is 38.0 Å². The van der Waals surface area contributed by atoms with Crippen molar-refractivity contribution in [3.63, 3.8) is 0 Å². The highest BCUT2D eigenvalue weighted by Crippen LogP contribution is 2.74. The van der Waals surface area contributed by atoms with E-state index in [9.17, 15) is 133 Å². The molecule has 584 valence electrons. The van der Waals surface area contributed by atoms with E-state index >= 15 is 4.79 Å². The average Bonchev–Trinajstić information content (AvgIpc) is 1.44. The van der Waals surface area contributed by atoms with Gasteiger partial charge in [-0.1, -0.05) is 19.9 Å². The Morgan fingerprint density at radius 3 is 1.57 bits per heavy atom. The summed E-state index contributed by atoms with van der Waals surface area (Å²) in [4.78, 5) is 15.2. The van der Waals surface area contributed by atoms with Gasteiger partial charge >= 0.3 is 5.97 Å². The fourth-order valence-corrected chi connectivity index (χ4v) is 15.8. The van der Waals surface area contributed by atoms with Crippen molar-refractivity contribution in [3.05, 3.63) is 24.0 Å². The van der Waals surface area contributed by atoms with Crippen molar-refractivity contribution in [3.8, 4) is 0 Å². The monoisotopic (exact) mass is 1460 g/mol. The van der Waals surface area contributed by atoms with Crippen molar-refractivity contribution in [1.29, 1.82) is 0 Å². The van der Waals surface area contributed by atoms with Crippen molar-refractivity contribution >= 4 is 5.97 Å². The van der Waals surface area contributed by atoms with Gasteiger partial charge in [0.25, 0.3) is 0 Å². The first-order chi connectivity index (χ1) is 46.9. The Labute approximate surface area is 576 Å². The van der Waals surface area contributed by atoms with E-state index in [2.05, 4.69) is 6.58 Å². The lowest BCUT2D eigenvalue weighted by Crippen LogP contribution is -2.63. The molecule has 2 heterocycles. The van der Waals surface area contributed by atoms with Gasteiger partial charge < -0.3 is 181 Å². The summed E-state index contributed by atoms with van der Waals surface area (Å²) in [5, 5.41) is 289. The molecule has 4 aliphatic carbocycles. The fourth-order valence-electron chi connectivity index (χ4n) is 15.8. The number of hydrogen-bond donors (Lipinski definition) is 27. The second-order valence-corrected chi connectivity index (χ2v) is 28.1. The first-order valence-electron chi connectivity index (χ1n) is 33.7. The zero-order valence-electron chi connectivity index (χ0n) is 56.0. The molecule has 35 atom stereocenters. The molecule has 2 saturated heterocycles. The molecule has 0 aromatic rings. The molecule has 37 nitrogen and oxygen atoms in total. The first-order valence-corrected chi connectivity index (χ1v) is 33.7. The van der Waals surface area contributed by atoms with Crippen molar-refractivity contribution < 1.29 is 185 Å². The maximum absolute atomic E-state index is 15.2. The second kappa shape index (κ2) is 37.3. The molecule has 2 bridgehead atoms. The lowest BCUT2D eigenvalue weighted by Gasteiger charge is -2.64. The van der Waals surface area contributed by atoms with E-state index in [0.29, 0.717) is 31.3 Å². The minimum absolute atomic E-state index is 0.0912. The third-order valence-electron chi connectivity index (χ3n) is 21.5. The van der Waals surface area contributed by atoms with E-state index in [4.69, 9.17) is 47.7 Å². The molecule has 6 aliphatic rings. The van der Waals surface area contributed by atoms with Gasteiger partial charge in [-0.05, 0) is 125 Å². The molecule has 0 aromatic carbocycles. The van der Waals surface area contributed by atoms with Crippen LogP contribution in [0.3, 0.4) is 0 Å². The largest absolute Gasteiger partial charge is 0.507 e. The van der Waals surface area contributed by atoms with E-state index in [1.165, 1.54) is 6.92 Å². The van der Waals surface area contributed by atoms with Gasteiger partial charge in [0.15, 0.2) is 37.6 Å². The predicted molar refractivity (Wildman–Crippen MR) is 330 cm³/mol. The molecular formula is C63H110O37. The minimum atomic E-state index is -2.74. The van der Waals surface area contributed by atoms with Crippen LogP contribution < -0.4 is 0 Å². The van der Waals surface area contributed by atoms with Gasteiger partial charge in [0, 0.05) is 32.3 Å². The van der Waals surface area contributed by atoms with Gasteiger partial charge in [-0.3, -0.25) is 4.79 Å². The molecule has 2 aliphatic heterocycles. The van der Waals surface area contributed by atoms with Crippen molar-refractivity contribution in [2.24, 2.45) is 34.0 Å². The first kappa shape index (κ1) is 86.3. The zero-order valence-corrected chi connectivity index (χ0v) is 56.0. The van der Waals surface area contributed by atoms with Crippen LogP contribution in [0.1, 0.15) is 104 Å². The van der Waals surface area contributed by atoms with Crippen LogP contribution in [0.4, 0.5) is 0 Å². The smallest absolute Gasteiger partial charge is 0.314 e. The molecule has 0 amide bonds. The van der Waals surface area contributed by atoms with Crippen LogP contribution in [-0.4, -0.2) is 368 Å². The number of fused-ring (bicyclic) bond motifs is 3. The standard InChI is InChI=1S/C63H110O37/c1-26-21-62-14-6-36-60(3,37(62)7-15-63(26,25-62)100-56(90)51(95-52(86)33(75)20-28(22-68)27(2)70)49(32(74)11-19-67)98-57-46(84)42(80)40(78)34(23-69)93-57)12-5-13-61(36,4)59(91)99-55(89)50(96-54(88)45(83)39(77)30(72)9-17-65)48(31(73)10-18-66)97-58-47(85)43(81)41(79)35(94-58)24-92-53(87)44(82)38(76)29(71)8-16-64/h20,27-32,34-58,64-90H,1,5-19,21-25H2,2-4H3/b33-20-/t27?,28?,29?,30?,31?,32?,34?,35?,36?,37-,38?,39?,40?,41?,42?,43?,44?,45?,46?,47?,48?,49?,50?,51?,52?,53?,54?,55?,56?,57?,58?,60+,61+,62?,63?/m0/s1. The summed E-state index contributed by atoms with van der Waals surface area (Å²) in [7, 11) is 0. The number of aliphatic hydroxyl groups excluding tert-OH is 27. The van der Waals surface area contributed by atoms with Gasteiger partial charge in [0.1, 0.15) is 97.3 Å². The van der Waals surface area contributed by atoms with Gasteiger partial charge in [0.2, 0.25) is 12.6 Å². The molecule has 6 rings (SSSR count). The Morgan fingerprint density at radius 1 is 0.570 bits per heavy atom. The lowest BCUT2D eigenvalue weighted by molar-refractivity contribution is -0.350. The van der Waals surface area contributed by atoms with Crippen molar-refractivity contribution in [1.82, 2.24) is 0 Å². The van der Waals surface area contributed by atoms with Gasteiger partial charge in [-0.15, -0.1) is 0 Å². The van der Waals surface area contributed by atoms with Crippen LogP contribution in [0.5, 0.6) is 0 Å². The Bertz CT molecular complexity index is 2530. The van der Waals surface area contributed by atoms with Crippen LogP contribution in [0.2, 0.25) is 0 Å². The van der Waals surface area contributed by atoms with Crippen LogP contribution in [0, 0.1) is 34.0 Å². The van der Waals surface area contributed by atoms with Crippen molar-refractivity contribution in [2.75, 3.05) is 46.2 Å². The lowest BCUT2D eigenvalue weighted by atomic mass is 9.41. The molecule has 0 radical (unpaired) electrons. The molecule has 27 N–H and O–H groups in total. The summed E-state index contributed by atoms with van der Waals surface area (Å²) in [5.74, 6) is -4.18. The van der Waals surface area contributed by atoms with E-state index in [1.807, 2.05) is 6.92 Å². The number of ether oxygens (including phenoxy) is 9. The maximum atomic E-state index is 15.2. The zero-order chi connectivity index (χ0) is 74.8. The Balaban J connectivity index is 1.29. The molecule has 4 saturated carbocycles. The summed E-state index contributed by atoms with van der Waals surface area (Å²) in [6, 6.07) is 0. The number of carbonyl (C=O) groups is 1. The summed E-state index contributed by atoms with van der Waals surface area (Å²) in [5.41, 5.74) is -4.04. The number of carbonyl (C=O) groups excluding carboxylic acids is 1. The van der Waals surface area contributed by atoms with Crippen molar-refractivity contribution in [2.45, 2.75) is 282 Å². The van der Waals surface area contributed by atoms with Gasteiger partial charge in [-0.2, -0.15) is 0 Å². The normalized spacial score (nSPS) is 37.6. The van der Waals surface area contributed by atoms with Crippen LogP contribution >= 0.6 is 0 Å². The topological polar surface area (TPSA) is 646 Å². The Kier molecular flexibility index (Phi) is 32.2. The highest BCUT2D eigenvalue weighted by molar-refractivity contribution is 5.77. The summed E-state index contributed by atoms with van der Waals surface area (Å²) < 4.78 is 52.2. The molecule has 0 aromatic heterocycles. The maximum Gasteiger partial charge on any atom is 0.314 e. The van der Waals surface area contributed by atoms with E-state index in [1.54, 1.807) is 6.92 Å². The molecular weight excluding hydrogens is 1350 g/mol. The quantitative estimate of drug-likeness (QED) is 0.0117. The molecule has 100 heavy (non-hydrogen) atoms. The SMILES string of the molecule is C=C1CC23CCC4[C@](C)(C(=O)OC(O)C(OC(O)C(O)C(O)C(O)CCO)C(OC5OC(COC(O)C(O)C(O)C(O)CCO)C(O)C(O)C5O)C(O)CCO)CCC[C@@]4(C)[C@@H]2CCC1(OC(O)C(OC(O)/C(O)=C/C(CO)C(C)O)C(OC1OC(CO)C(O)C(O)C1O)C(O)CCO)C3. The fraction of sp³-hybridized carbons (Fsp3) is 0.921. The second-order valence-electron chi connectivity index (χ2n) is 28.1. The third-order valence-corrected chi connectivity index (χ3v) is 21.5. The van der Waals surface area contributed by atoms with E-state index < -0.39 is 290 Å². The summed E-state index contributed by atoms with van der Waals surface area (Å²) in [6.07, 6.45) is -59.4. The van der Waals surface area contributed by atoms with Gasteiger partial charge in [-0.25, -0.2) is 0 Å². The number of aliphatic hydroxyl groups is 27. The molecule has 6 fully saturated rings. The molecule has 1 spiro atoms. The Morgan fingerprint density at radius 2 is 1.06 bits per heavy atom. The van der Waals surface area contributed by atoms with Crippen LogP contribution in [-0.2, 0) is 47.4 Å². The highest BCUT2D eigenvalue weighted by atomic mass is 16.8. The third kappa shape index (κ3) is 19.2. The summed E-state index contributed by atoms with van der Waals surface area (Å²) in [6.45, 7) is 3.60. The van der Waals surface area contributed by atoms with Crippen LogP contribution in [0.25, 0.3) is 0 Å². The van der Waals surface area contributed by atoms with Crippen LogP contribution in [0.15, 0.2) is 24.0 Å². The van der Waals surface area contributed by atoms with E-state index in [0.717, 1.165) is 6.08 Å². The molecule has 32 unspecified atom stereocenters. The highest BCUT2D eigenvalue weighted by Gasteiger charge is 2.69. The number of rotatable bonds is 40.